The highest BCUT2D eigenvalue weighted by Gasteiger charge is 2.32. The van der Waals surface area contributed by atoms with Crippen LogP contribution in [-0.4, -0.2) is 24.9 Å². The number of rotatable bonds is 4. The van der Waals surface area contributed by atoms with E-state index in [-0.39, 0.29) is 48.8 Å². The van der Waals surface area contributed by atoms with Gasteiger partial charge in [-0.15, -0.1) is 12.4 Å². The number of nitrogens with two attached hydrogens (primary N) is 1. The molecule has 5 nitrogen and oxygen atoms in total. The number of hydrogen-bond acceptors (Lipinski definition) is 3. The Bertz CT molecular complexity index is 546. The first-order valence-electron chi connectivity index (χ1n) is 7.29. The molecule has 2 rings (SSSR count). The average molecular weight is 326 g/mol. The van der Waals surface area contributed by atoms with Crippen LogP contribution in [0.1, 0.15) is 43.9 Å². The summed E-state index contributed by atoms with van der Waals surface area (Å²) in [4.78, 5) is 23.0. The lowest BCUT2D eigenvalue weighted by Crippen LogP contribution is -2.42. The van der Waals surface area contributed by atoms with Gasteiger partial charge >= 0.3 is 0 Å². The number of hydrogen-bond donors (Lipinski definition) is 3. The van der Waals surface area contributed by atoms with Gasteiger partial charge in [-0.1, -0.05) is 38.1 Å². The molecule has 0 bridgehead atoms. The van der Waals surface area contributed by atoms with Gasteiger partial charge in [-0.3, -0.25) is 9.59 Å². The fourth-order valence-corrected chi connectivity index (χ4v) is 2.86. The van der Waals surface area contributed by atoms with Crippen molar-refractivity contribution in [2.24, 2.45) is 5.73 Å². The Morgan fingerprint density at radius 3 is 2.64 bits per heavy atom. The van der Waals surface area contributed by atoms with Crippen molar-refractivity contribution in [3.8, 4) is 0 Å². The molecule has 0 radical (unpaired) electrons. The SMILES string of the molecule is CC1(C)CCC(NC(=O)CNC(=O)CN)c2ccccc21.Cl. The van der Waals surface area contributed by atoms with Gasteiger partial charge in [0.2, 0.25) is 11.8 Å². The van der Waals surface area contributed by atoms with E-state index in [1.807, 2.05) is 12.1 Å². The van der Waals surface area contributed by atoms with Crippen LogP contribution in [0.25, 0.3) is 0 Å². The fourth-order valence-electron chi connectivity index (χ4n) is 2.86. The average Bonchev–Trinajstić information content (AvgIpc) is 2.48. The highest BCUT2D eigenvalue weighted by Crippen LogP contribution is 2.41. The summed E-state index contributed by atoms with van der Waals surface area (Å²) in [5.74, 6) is -0.508. The van der Waals surface area contributed by atoms with Crippen LogP contribution < -0.4 is 16.4 Å². The second-order valence-electron chi connectivity index (χ2n) is 6.11. The Kier molecular flexibility index (Phi) is 6.38. The second kappa shape index (κ2) is 7.61. The molecule has 1 aliphatic carbocycles. The number of nitrogens with one attached hydrogen (secondary N) is 2. The predicted molar refractivity (Wildman–Crippen MR) is 88.9 cm³/mol. The smallest absolute Gasteiger partial charge is 0.239 e. The van der Waals surface area contributed by atoms with Crippen LogP contribution in [0.4, 0.5) is 0 Å². The van der Waals surface area contributed by atoms with Gasteiger partial charge in [0, 0.05) is 0 Å². The minimum Gasteiger partial charge on any atom is -0.348 e. The lowest BCUT2D eigenvalue weighted by Gasteiger charge is -2.37. The van der Waals surface area contributed by atoms with Gasteiger partial charge in [0.05, 0.1) is 19.1 Å². The molecule has 0 saturated heterocycles. The van der Waals surface area contributed by atoms with Crippen molar-refractivity contribution in [2.45, 2.75) is 38.1 Å². The first kappa shape index (κ1) is 18.5. The third-order valence-electron chi connectivity index (χ3n) is 4.09. The van der Waals surface area contributed by atoms with Crippen molar-refractivity contribution in [2.75, 3.05) is 13.1 Å². The Labute approximate surface area is 137 Å². The van der Waals surface area contributed by atoms with Gasteiger partial charge < -0.3 is 16.4 Å². The maximum atomic E-state index is 11.9. The summed E-state index contributed by atoms with van der Waals surface area (Å²) < 4.78 is 0. The van der Waals surface area contributed by atoms with E-state index in [1.165, 1.54) is 11.1 Å². The Hall–Kier alpha value is -1.59. The molecular formula is C16H24ClN3O2. The molecule has 0 aromatic heterocycles. The van der Waals surface area contributed by atoms with E-state index < -0.39 is 0 Å². The summed E-state index contributed by atoms with van der Waals surface area (Å²) in [6, 6.07) is 8.24. The Balaban J connectivity index is 0.00000242. The van der Waals surface area contributed by atoms with Gasteiger partial charge in [0.1, 0.15) is 0 Å². The maximum Gasteiger partial charge on any atom is 0.239 e. The van der Waals surface area contributed by atoms with E-state index in [2.05, 4.69) is 36.6 Å². The number of amides is 2. The summed E-state index contributed by atoms with van der Waals surface area (Å²) in [5, 5.41) is 5.48. The monoisotopic (exact) mass is 325 g/mol. The lowest BCUT2D eigenvalue weighted by molar-refractivity contribution is -0.125. The molecule has 2 amide bonds. The summed E-state index contributed by atoms with van der Waals surface area (Å²) in [5.41, 5.74) is 7.78. The number of fused-ring (bicyclic) bond motifs is 1. The van der Waals surface area contributed by atoms with E-state index in [4.69, 9.17) is 5.73 Å². The van der Waals surface area contributed by atoms with Crippen LogP contribution in [-0.2, 0) is 15.0 Å². The molecule has 1 atom stereocenters. The zero-order chi connectivity index (χ0) is 15.5. The van der Waals surface area contributed by atoms with Crippen molar-refractivity contribution >= 4 is 24.2 Å². The zero-order valence-electron chi connectivity index (χ0n) is 13.0. The molecule has 22 heavy (non-hydrogen) atoms. The quantitative estimate of drug-likeness (QED) is 0.782. The standard InChI is InChI=1S/C16H23N3O2.ClH/c1-16(2)8-7-13(11-5-3-4-6-12(11)16)19-15(21)10-18-14(20)9-17;/h3-6,13H,7-10,17H2,1-2H3,(H,18,20)(H,19,21);1H. The number of benzene rings is 1. The van der Waals surface area contributed by atoms with Gasteiger partial charge in [0.25, 0.3) is 0 Å². The molecule has 0 spiro atoms. The van der Waals surface area contributed by atoms with Crippen molar-refractivity contribution < 1.29 is 9.59 Å². The Morgan fingerprint density at radius 2 is 1.95 bits per heavy atom. The molecule has 0 saturated carbocycles. The molecule has 6 heteroatoms. The van der Waals surface area contributed by atoms with Crippen molar-refractivity contribution in [3.05, 3.63) is 35.4 Å². The molecule has 0 fully saturated rings. The first-order valence-corrected chi connectivity index (χ1v) is 7.29. The van der Waals surface area contributed by atoms with Crippen LogP contribution in [0.5, 0.6) is 0 Å². The first-order chi connectivity index (χ1) is 9.94. The van der Waals surface area contributed by atoms with Crippen molar-refractivity contribution in [3.63, 3.8) is 0 Å². The van der Waals surface area contributed by atoms with Crippen LogP contribution in [0, 0.1) is 0 Å². The molecule has 4 N–H and O–H groups in total. The van der Waals surface area contributed by atoms with Gasteiger partial charge in [-0.2, -0.15) is 0 Å². The number of carbonyl (C=O) groups is 2. The summed E-state index contributed by atoms with van der Waals surface area (Å²) in [7, 11) is 0. The topological polar surface area (TPSA) is 84.2 Å². The van der Waals surface area contributed by atoms with Crippen LogP contribution >= 0.6 is 12.4 Å². The highest BCUT2D eigenvalue weighted by molar-refractivity contribution is 5.86. The second-order valence-corrected chi connectivity index (χ2v) is 6.11. The van der Waals surface area contributed by atoms with Gasteiger partial charge in [0.15, 0.2) is 0 Å². The highest BCUT2D eigenvalue weighted by atomic mass is 35.5. The van der Waals surface area contributed by atoms with Crippen LogP contribution in [0.3, 0.4) is 0 Å². The maximum absolute atomic E-state index is 11.9. The van der Waals surface area contributed by atoms with E-state index in [9.17, 15) is 9.59 Å². The molecule has 1 unspecified atom stereocenters. The Morgan fingerprint density at radius 1 is 1.27 bits per heavy atom. The fraction of sp³-hybridized carbons (Fsp3) is 0.500. The lowest BCUT2D eigenvalue weighted by atomic mass is 9.71. The van der Waals surface area contributed by atoms with E-state index in [1.54, 1.807) is 0 Å². The predicted octanol–water partition coefficient (Wildman–Crippen LogP) is 1.41. The van der Waals surface area contributed by atoms with Gasteiger partial charge in [-0.05, 0) is 29.4 Å². The number of halogens is 1. The molecule has 0 aliphatic heterocycles. The normalized spacial score (nSPS) is 18.6. The van der Waals surface area contributed by atoms with E-state index >= 15 is 0 Å². The molecule has 1 aliphatic rings. The van der Waals surface area contributed by atoms with Gasteiger partial charge in [-0.25, -0.2) is 0 Å². The van der Waals surface area contributed by atoms with E-state index in [0.29, 0.717) is 0 Å². The molecule has 0 heterocycles. The summed E-state index contributed by atoms with van der Waals surface area (Å²) in [6.07, 6.45) is 1.92. The number of carbonyl (C=O) groups excluding carboxylic acids is 2. The van der Waals surface area contributed by atoms with Crippen LogP contribution in [0.2, 0.25) is 0 Å². The minimum absolute atomic E-state index is 0. The third-order valence-corrected chi connectivity index (χ3v) is 4.09. The van der Waals surface area contributed by atoms with Crippen molar-refractivity contribution in [1.29, 1.82) is 0 Å². The molecule has 1 aromatic carbocycles. The van der Waals surface area contributed by atoms with Crippen LogP contribution in [0.15, 0.2) is 24.3 Å². The molecule has 122 valence electrons. The molecule has 1 aromatic rings. The molecular weight excluding hydrogens is 302 g/mol. The largest absolute Gasteiger partial charge is 0.348 e. The summed E-state index contributed by atoms with van der Waals surface area (Å²) >= 11 is 0. The van der Waals surface area contributed by atoms with Crippen molar-refractivity contribution in [1.82, 2.24) is 10.6 Å². The summed E-state index contributed by atoms with van der Waals surface area (Å²) in [6.45, 7) is 4.32. The zero-order valence-corrected chi connectivity index (χ0v) is 13.8. The third kappa shape index (κ3) is 4.21. The van der Waals surface area contributed by atoms with E-state index in [0.717, 1.165) is 12.8 Å². The minimum atomic E-state index is -0.324.